The molecule has 0 aromatic heterocycles. The normalized spacial score (nSPS) is 15.9. The molecular weight excluding hydrogens is 332 g/mol. The minimum Gasteiger partial charge on any atom is -0.481 e. The number of aryl methyl sites for hydroxylation is 1. The fraction of sp³-hybridized carbons (Fsp3) is 0.550. The highest BCUT2D eigenvalue weighted by Crippen LogP contribution is 2.26. The number of hydrogen-bond acceptors (Lipinski definition) is 3. The van der Waals surface area contributed by atoms with Crippen molar-refractivity contribution in [3.63, 3.8) is 0 Å². The van der Waals surface area contributed by atoms with Crippen molar-refractivity contribution in [2.75, 3.05) is 5.32 Å². The van der Waals surface area contributed by atoms with Crippen LogP contribution in [0.1, 0.15) is 57.4 Å². The number of aliphatic carboxylic acids is 1. The zero-order valence-corrected chi connectivity index (χ0v) is 15.3. The van der Waals surface area contributed by atoms with Gasteiger partial charge in [0.1, 0.15) is 6.04 Å². The number of carboxylic acid groups (broad SMARTS) is 1. The molecule has 6 heteroatoms. The Bertz CT molecular complexity index is 621. The highest BCUT2D eigenvalue weighted by molar-refractivity contribution is 5.96. The first kappa shape index (κ1) is 19.9. The molecule has 1 saturated carbocycles. The Morgan fingerprint density at radius 1 is 1.12 bits per heavy atom. The SMILES string of the molecule is CC(NC(=O)CC1CCCCC1)C(=O)Nc1ccc(CCC(=O)O)cc1. The van der Waals surface area contributed by atoms with Crippen LogP contribution < -0.4 is 10.6 Å². The fourth-order valence-electron chi connectivity index (χ4n) is 3.28. The van der Waals surface area contributed by atoms with Crippen molar-refractivity contribution in [3.05, 3.63) is 29.8 Å². The number of benzene rings is 1. The quantitative estimate of drug-likeness (QED) is 0.664. The summed E-state index contributed by atoms with van der Waals surface area (Å²) in [5.41, 5.74) is 1.53. The third kappa shape index (κ3) is 6.86. The van der Waals surface area contributed by atoms with E-state index in [1.807, 2.05) is 0 Å². The largest absolute Gasteiger partial charge is 0.481 e. The first-order valence-electron chi connectivity index (χ1n) is 9.35. The van der Waals surface area contributed by atoms with Crippen molar-refractivity contribution < 1.29 is 19.5 Å². The van der Waals surface area contributed by atoms with Gasteiger partial charge in [-0.1, -0.05) is 31.4 Å². The first-order valence-corrected chi connectivity index (χ1v) is 9.35. The summed E-state index contributed by atoms with van der Waals surface area (Å²) in [6, 6.07) is 6.48. The second-order valence-electron chi connectivity index (χ2n) is 7.08. The molecule has 3 N–H and O–H groups in total. The van der Waals surface area contributed by atoms with E-state index in [1.165, 1.54) is 19.3 Å². The van der Waals surface area contributed by atoms with E-state index in [4.69, 9.17) is 5.11 Å². The van der Waals surface area contributed by atoms with Crippen LogP contribution in [0.15, 0.2) is 24.3 Å². The minimum absolute atomic E-state index is 0.0661. The third-order valence-electron chi connectivity index (χ3n) is 4.82. The molecule has 0 aliphatic heterocycles. The van der Waals surface area contributed by atoms with Crippen LogP contribution in [0, 0.1) is 5.92 Å². The Hall–Kier alpha value is -2.37. The molecule has 142 valence electrons. The second kappa shape index (κ2) is 9.94. The van der Waals surface area contributed by atoms with Gasteiger partial charge >= 0.3 is 5.97 Å². The molecule has 2 amide bonds. The smallest absolute Gasteiger partial charge is 0.303 e. The summed E-state index contributed by atoms with van der Waals surface area (Å²) in [6.45, 7) is 1.68. The number of carboxylic acids is 1. The van der Waals surface area contributed by atoms with E-state index in [-0.39, 0.29) is 18.2 Å². The van der Waals surface area contributed by atoms with Crippen LogP contribution in [0.3, 0.4) is 0 Å². The zero-order valence-electron chi connectivity index (χ0n) is 15.3. The number of carbonyl (C=O) groups is 3. The molecular formula is C20H28N2O4. The molecule has 2 rings (SSSR count). The van der Waals surface area contributed by atoms with E-state index in [9.17, 15) is 14.4 Å². The molecule has 1 unspecified atom stereocenters. The van der Waals surface area contributed by atoms with E-state index in [2.05, 4.69) is 10.6 Å². The summed E-state index contributed by atoms with van der Waals surface area (Å²) >= 11 is 0. The van der Waals surface area contributed by atoms with Gasteiger partial charge in [0.15, 0.2) is 0 Å². The predicted octanol–water partition coefficient (Wildman–Crippen LogP) is 3.12. The maximum Gasteiger partial charge on any atom is 0.303 e. The maximum atomic E-state index is 12.2. The van der Waals surface area contributed by atoms with Crippen LogP contribution in [0.2, 0.25) is 0 Å². The topological polar surface area (TPSA) is 95.5 Å². The lowest BCUT2D eigenvalue weighted by molar-refractivity contribution is -0.137. The van der Waals surface area contributed by atoms with Crippen LogP contribution >= 0.6 is 0 Å². The van der Waals surface area contributed by atoms with Gasteiger partial charge in [-0.15, -0.1) is 0 Å². The first-order chi connectivity index (χ1) is 12.4. The number of hydrogen-bond donors (Lipinski definition) is 3. The third-order valence-corrected chi connectivity index (χ3v) is 4.82. The van der Waals surface area contributed by atoms with Crippen molar-refractivity contribution >= 4 is 23.5 Å². The predicted molar refractivity (Wildman–Crippen MR) is 99.8 cm³/mol. The van der Waals surface area contributed by atoms with Gasteiger partial charge in [0.05, 0.1) is 0 Å². The standard InChI is InChI=1S/C20H28N2O4/c1-14(21-18(23)13-16-5-3-2-4-6-16)20(26)22-17-10-7-15(8-11-17)9-12-19(24)25/h7-8,10-11,14,16H,2-6,9,12-13H2,1H3,(H,21,23)(H,22,26)(H,24,25). The van der Waals surface area contributed by atoms with Crippen LogP contribution in [-0.2, 0) is 20.8 Å². The Balaban J connectivity index is 1.76. The molecule has 6 nitrogen and oxygen atoms in total. The number of amides is 2. The van der Waals surface area contributed by atoms with Crippen molar-refractivity contribution in [2.24, 2.45) is 5.92 Å². The summed E-state index contributed by atoms with van der Waals surface area (Å²) in [7, 11) is 0. The molecule has 0 saturated heterocycles. The number of nitrogens with one attached hydrogen (secondary N) is 2. The number of carbonyl (C=O) groups excluding carboxylic acids is 2. The van der Waals surface area contributed by atoms with Gasteiger partial charge < -0.3 is 15.7 Å². The second-order valence-corrected chi connectivity index (χ2v) is 7.08. The molecule has 1 aliphatic rings. The molecule has 26 heavy (non-hydrogen) atoms. The average Bonchev–Trinajstić information content (AvgIpc) is 2.61. The summed E-state index contributed by atoms with van der Waals surface area (Å²) in [4.78, 5) is 34.9. The van der Waals surface area contributed by atoms with Crippen molar-refractivity contribution in [2.45, 2.75) is 64.3 Å². The van der Waals surface area contributed by atoms with Crippen molar-refractivity contribution in [1.29, 1.82) is 0 Å². The van der Waals surface area contributed by atoms with Crippen LogP contribution in [0.25, 0.3) is 0 Å². The van der Waals surface area contributed by atoms with Gasteiger partial charge in [0, 0.05) is 18.5 Å². The lowest BCUT2D eigenvalue weighted by Crippen LogP contribution is -2.42. The van der Waals surface area contributed by atoms with Gasteiger partial charge in [-0.25, -0.2) is 0 Å². The summed E-state index contributed by atoms with van der Waals surface area (Å²) in [5, 5.41) is 14.2. The van der Waals surface area contributed by atoms with Crippen molar-refractivity contribution in [3.8, 4) is 0 Å². The van der Waals surface area contributed by atoms with Gasteiger partial charge in [-0.3, -0.25) is 14.4 Å². The van der Waals surface area contributed by atoms with E-state index in [1.54, 1.807) is 31.2 Å². The lowest BCUT2D eigenvalue weighted by atomic mass is 9.87. The molecule has 1 aliphatic carbocycles. The lowest BCUT2D eigenvalue weighted by Gasteiger charge is -2.22. The monoisotopic (exact) mass is 360 g/mol. The summed E-state index contributed by atoms with van der Waals surface area (Å²) < 4.78 is 0. The van der Waals surface area contributed by atoms with E-state index in [0.717, 1.165) is 18.4 Å². The molecule has 1 aromatic rings. The Morgan fingerprint density at radius 3 is 2.38 bits per heavy atom. The Labute approximate surface area is 154 Å². The number of anilines is 1. The summed E-state index contributed by atoms with van der Waals surface area (Å²) in [5.74, 6) is -0.721. The van der Waals surface area contributed by atoms with Crippen LogP contribution in [0.5, 0.6) is 0 Å². The van der Waals surface area contributed by atoms with Gasteiger partial charge in [-0.05, 0) is 49.8 Å². The van der Waals surface area contributed by atoms with E-state index >= 15 is 0 Å². The van der Waals surface area contributed by atoms with Gasteiger partial charge in [-0.2, -0.15) is 0 Å². The molecule has 0 spiro atoms. The molecule has 0 heterocycles. The molecule has 0 bridgehead atoms. The maximum absolute atomic E-state index is 12.2. The number of rotatable bonds is 8. The highest BCUT2D eigenvalue weighted by atomic mass is 16.4. The molecule has 0 radical (unpaired) electrons. The van der Waals surface area contributed by atoms with Gasteiger partial charge in [0.2, 0.25) is 11.8 Å². The zero-order chi connectivity index (χ0) is 18.9. The fourth-order valence-corrected chi connectivity index (χ4v) is 3.28. The molecule has 1 fully saturated rings. The molecule has 1 atom stereocenters. The van der Waals surface area contributed by atoms with Gasteiger partial charge in [0.25, 0.3) is 0 Å². The average molecular weight is 360 g/mol. The Morgan fingerprint density at radius 2 is 1.77 bits per heavy atom. The van der Waals surface area contributed by atoms with E-state index in [0.29, 0.717) is 24.4 Å². The van der Waals surface area contributed by atoms with Crippen LogP contribution in [-0.4, -0.2) is 28.9 Å². The summed E-state index contributed by atoms with van der Waals surface area (Å²) in [6.07, 6.45) is 6.87. The minimum atomic E-state index is -0.833. The molecule has 1 aromatic carbocycles. The van der Waals surface area contributed by atoms with Crippen molar-refractivity contribution in [1.82, 2.24) is 5.32 Å². The van der Waals surface area contributed by atoms with E-state index < -0.39 is 12.0 Å². The Kier molecular flexibility index (Phi) is 7.63. The van der Waals surface area contributed by atoms with Crippen LogP contribution in [0.4, 0.5) is 5.69 Å². The highest BCUT2D eigenvalue weighted by Gasteiger charge is 2.20.